The van der Waals surface area contributed by atoms with Crippen LogP contribution in [0.4, 0.5) is 20.7 Å². The summed E-state index contributed by atoms with van der Waals surface area (Å²) in [5.74, 6) is -0.0700. The number of rotatable bonds is 5. The predicted molar refractivity (Wildman–Crippen MR) is 134 cm³/mol. The number of nitrogens with zero attached hydrogens (tertiary/aromatic N) is 8. The standard InChI is InChI=1S/C26H28F2N8O/c1-15-12-35(14-21(37-15)16-11-29-36(13-16)18-5-6-18)25-30-22(19-7-4-17(27)10-20(19)28)23-24(31-25)32-26(33(23)2)34-8-3-9-34/h4,7,10-11,13,15,18,21H,3,5-6,8-9,12,14H2,1-2H3. The second-order valence-corrected chi connectivity index (χ2v) is 10.3. The molecule has 2 unspecified atom stereocenters. The van der Waals surface area contributed by atoms with Gasteiger partial charge in [-0.15, -0.1) is 0 Å². The van der Waals surface area contributed by atoms with E-state index in [0.717, 1.165) is 49.9 Å². The number of anilines is 2. The molecule has 0 spiro atoms. The molecule has 7 rings (SSSR count). The summed E-state index contributed by atoms with van der Waals surface area (Å²) in [5.41, 5.74) is 2.76. The smallest absolute Gasteiger partial charge is 0.228 e. The van der Waals surface area contributed by atoms with Crippen molar-refractivity contribution >= 4 is 23.1 Å². The minimum atomic E-state index is -0.668. The van der Waals surface area contributed by atoms with Crippen LogP contribution in [0.1, 0.15) is 43.9 Å². The van der Waals surface area contributed by atoms with Gasteiger partial charge in [-0.05, 0) is 38.3 Å². The Balaban J connectivity index is 1.32. The number of hydrogen-bond donors (Lipinski definition) is 0. The van der Waals surface area contributed by atoms with E-state index in [1.54, 1.807) is 0 Å². The summed E-state index contributed by atoms with van der Waals surface area (Å²) in [4.78, 5) is 18.8. The zero-order chi connectivity index (χ0) is 25.3. The lowest BCUT2D eigenvalue weighted by molar-refractivity contribution is -0.0178. The highest BCUT2D eigenvalue weighted by atomic mass is 19.1. The number of fused-ring (bicyclic) bond motifs is 1. The molecular formula is C26H28F2N8O. The summed E-state index contributed by atoms with van der Waals surface area (Å²) in [7, 11) is 1.89. The fourth-order valence-electron chi connectivity index (χ4n) is 5.25. The highest BCUT2D eigenvalue weighted by Crippen LogP contribution is 2.37. The number of aryl methyl sites for hydroxylation is 1. The first-order valence-electron chi connectivity index (χ1n) is 12.8. The number of hydrogen-bond acceptors (Lipinski definition) is 7. The molecule has 1 aliphatic carbocycles. The molecular weight excluding hydrogens is 478 g/mol. The average Bonchev–Trinajstić information content (AvgIpc) is 3.48. The van der Waals surface area contributed by atoms with Crippen LogP contribution in [-0.2, 0) is 11.8 Å². The molecule has 0 radical (unpaired) electrons. The Hall–Kier alpha value is -3.60. The van der Waals surface area contributed by atoms with E-state index in [9.17, 15) is 4.39 Å². The average molecular weight is 507 g/mol. The molecule has 3 fully saturated rings. The lowest BCUT2D eigenvalue weighted by Gasteiger charge is -2.36. The Kier molecular flexibility index (Phi) is 5.17. The fraction of sp³-hybridized carbons (Fsp3) is 0.462. The van der Waals surface area contributed by atoms with E-state index in [1.165, 1.54) is 12.1 Å². The van der Waals surface area contributed by atoms with Crippen molar-refractivity contribution in [2.24, 2.45) is 7.05 Å². The third-order valence-corrected chi connectivity index (χ3v) is 7.48. The van der Waals surface area contributed by atoms with Crippen molar-refractivity contribution in [2.75, 3.05) is 36.0 Å². The maximum atomic E-state index is 15.0. The van der Waals surface area contributed by atoms with E-state index in [0.29, 0.717) is 41.9 Å². The van der Waals surface area contributed by atoms with Crippen molar-refractivity contribution in [3.63, 3.8) is 0 Å². The predicted octanol–water partition coefficient (Wildman–Crippen LogP) is 4.02. The van der Waals surface area contributed by atoms with E-state index in [-0.39, 0.29) is 17.8 Å². The van der Waals surface area contributed by atoms with Crippen LogP contribution in [0.3, 0.4) is 0 Å². The molecule has 4 aromatic rings. The summed E-state index contributed by atoms with van der Waals surface area (Å²) in [6.07, 6.45) is 7.10. The van der Waals surface area contributed by atoms with Gasteiger partial charge in [0.2, 0.25) is 11.9 Å². The molecule has 37 heavy (non-hydrogen) atoms. The van der Waals surface area contributed by atoms with Gasteiger partial charge in [0.15, 0.2) is 5.65 Å². The zero-order valence-electron chi connectivity index (χ0n) is 20.8. The monoisotopic (exact) mass is 506 g/mol. The van der Waals surface area contributed by atoms with Crippen molar-refractivity contribution in [3.8, 4) is 11.3 Å². The highest BCUT2D eigenvalue weighted by Gasteiger charge is 2.32. The Bertz CT molecular complexity index is 1490. The molecule has 3 aliphatic rings. The molecule has 0 N–H and O–H groups in total. The summed E-state index contributed by atoms with van der Waals surface area (Å²) in [5, 5.41) is 4.53. The molecule has 2 atom stereocenters. The van der Waals surface area contributed by atoms with Crippen LogP contribution in [0.2, 0.25) is 0 Å². The number of imidazole rings is 1. The first kappa shape index (κ1) is 22.6. The minimum absolute atomic E-state index is 0.0753. The molecule has 0 amide bonds. The molecule has 0 bridgehead atoms. The SMILES string of the molecule is CC1CN(c2nc(-c3ccc(F)cc3F)c3c(n2)nc(N2CCC2)n3C)CC(c2cnn(C3CC3)c2)O1. The van der Waals surface area contributed by atoms with Crippen molar-refractivity contribution in [1.82, 2.24) is 29.3 Å². The van der Waals surface area contributed by atoms with Crippen LogP contribution < -0.4 is 9.80 Å². The van der Waals surface area contributed by atoms with Gasteiger partial charge in [-0.1, -0.05) is 0 Å². The van der Waals surface area contributed by atoms with E-state index < -0.39 is 11.6 Å². The van der Waals surface area contributed by atoms with E-state index in [4.69, 9.17) is 19.7 Å². The van der Waals surface area contributed by atoms with Crippen molar-refractivity contribution < 1.29 is 13.5 Å². The van der Waals surface area contributed by atoms with Gasteiger partial charge < -0.3 is 19.1 Å². The first-order valence-corrected chi connectivity index (χ1v) is 12.8. The molecule has 3 aromatic heterocycles. The van der Waals surface area contributed by atoms with E-state index in [1.807, 2.05) is 29.4 Å². The third kappa shape index (κ3) is 3.92. The summed E-state index contributed by atoms with van der Waals surface area (Å²) in [6.45, 7) is 4.95. The van der Waals surface area contributed by atoms with Crippen molar-refractivity contribution in [2.45, 2.75) is 44.4 Å². The fourth-order valence-corrected chi connectivity index (χ4v) is 5.25. The van der Waals surface area contributed by atoms with Gasteiger partial charge in [-0.3, -0.25) is 4.68 Å². The maximum absolute atomic E-state index is 15.0. The summed E-state index contributed by atoms with van der Waals surface area (Å²) >= 11 is 0. The van der Waals surface area contributed by atoms with Crippen LogP contribution >= 0.6 is 0 Å². The van der Waals surface area contributed by atoms with E-state index in [2.05, 4.69) is 21.1 Å². The van der Waals surface area contributed by atoms with Gasteiger partial charge in [0.25, 0.3) is 0 Å². The quantitative estimate of drug-likeness (QED) is 0.405. The molecule has 2 saturated heterocycles. The Morgan fingerprint density at radius 1 is 1.03 bits per heavy atom. The Morgan fingerprint density at radius 3 is 2.59 bits per heavy atom. The second kappa shape index (κ2) is 8.47. The Morgan fingerprint density at radius 2 is 1.86 bits per heavy atom. The van der Waals surface area contributed by atoms with Crippen LogP contribution in [-0.4, -0.2) is 61.6 Å². The molecule has 1 aromatic carbocycles. The number of aromatic nitrogens is 6. The number of benzene rings is 1. The molecule has 5 heterocycles. The topological polar surface area (TPSA) is 77.1 Å². The van der Waals surface area contributed by atoms with Gasteiger partial charge in [0, 0.05) is 50.1 Å². The number of morpholine rings is 1. The van der Waals surface area contributed by atoms with E-state index >= 15 is 4.39 Å². The van der Waals surface area contributed by atoms with Gasteiger partial charge >= 0.3 is 0 Å². The maximum Gasteiger partial charge on any atom is 0.228 e. The highest BCUT2D eigenvalue weighted by molar-refractivity contribution is 5.90. The molecule has 192 valence electrons. The van der Waals surface area contributed by atoms with Gasteiger partial charge in [-0.25, -0.2) is 13.8 Å². The van der Waals surface area contributed by atoms with Crippen LogP contribution in [0, 0.1) is 11.6 Å². The number of halogens is 2. The van der Waals surface area contributed by atoms with Gasteiger partial charge in [-0.2, -0.15) is 15.1 Å². The third-order valence-electron chi connectivity index (χ3n) is 7.48. The molecule has 9 nitrogen and oxygen atoms in total. The lowest BCUT2D eigenvalue weighted by Crippen LogP contribution is -2.43. The first-order chi connectivity index (χ1) is 17.9. The summed E-state index contributed by atoms with van der Waals surface area (Å²) < 4.78 is 39.0. The van der Waals surface area contributed by atoms with Crippen LogP contribution in [0.5, 0.6) is 0 Å². The number of ether oxygens (including phenoxy) is 1. The second-order valence-electron chi connectivity index (χ2n) is 10.3. The normalized spacial score (nSPS) is 22.1. The Labute approximate surface area is 212 Å². The van der Waals surface area contributed by atoms with Crippen molar-refractivity contribution in [3.05, 3.63) is 47.8 Å². The van der Waals surface area contributed by atoms with Crippen LogP contribution in [0.25, 0.3) is 22.4 Å². The molecule has 1 saturated carbocycles. The molecule has 2 aliphatic heterocycles. The van der Waals surface area contributed by atoms with Gasteiger partial charge in [0.1, 0.15) is 28.9 Å². The van der Waals surface area contributed by atoms with Gasteiger partial charge in [0.05, 0.1) is 24.9 Å². The lowest BCUT2D eigenvalue weighted by atomic mass is 10.1. The molecule has 11 heteroatoms. The van der Waals surface area contributed by atoms with Crippen LogP contribution in [0.15, 0.2) is 30.6 Å². The minimum Gasteiger partial charge on any atom is -0.367 e. The van der Waals surface area contributed by atoms with Crippen molar-refractivity contribution in [1.29, 1.82) is 0 Å². The largest absolute Gasteiger partial charge is 0.367 e. The summed E-state index contributed by atoms with van der Waals surface area (Å²) in [6, 6.07) is 4.07. The zero-order valence-corrected chi connectivity index (χ0v) is 20.8.